The number of carbonyl (C=O) groups is 1. The van der Waals surface area contributed by atoms with E-state index in [9.17, 15) is 18.0 Å². The molecule has 0 saturated heterocycles. The molecule has 0 fully saturated rings. The number of carbonyl (C=O) groups excluding carboxylic acids is 1. The summed E-state index contributed by atoms with van der Waals surface area (Å²) in [5.74, 6) is -0.0641. The van der Waals surface area contributed by atoms with E-state index in [1.807, 2.05) is 36.9 Å². The Labute approximate surface area is 276 Å². The minimum Gasteiger partial charge on any atom is -0.326 e. The van der Waals surface area contributed by atoms with Gasteiger partial charge in [-0.25, -0.2) is 18.1 Å². The van der Waals surface area contributed by atoms with E-state index in [0.29, 0.717) is 24.6 Å². The lowest BCUT2D eigenvalue weighted by Crippen LogP contribution is -2.39. The van der Waals surface area contributed by atoms with Crippen LogP contribution in [0.3, 0.4) is 0 Å². The quantitative estimate of drug-likeness (QED) is 0.215. The van der Waals surface area contributed by atoms with E-state index in [4.69, 9.17) is 0 Å². The standard InChI is InChI=1S/C36H42N4O4S2/c1-22(2)18-32-40(17-16-25-19-27(36(5,6)7)14-15-30(25)45-32)34(42)26-12-9-13-28(20-26)46(43,44)39-35-37-29(21-31(41)38-35)33-23(3)10-8-11-24(33)4/h8-15,19-22,32H,16-18H2,1-7H3,(H2,37,38,39,41)/t32-/m0/s1. The molecule has 1 aromatic heterocycles. The molecule has 0 aliphatic carbocycles. The van der Waals surface area contributed by atoms with Gasteiger partial charge in [-0.05, 0) is 84.5 Å². The number of hydrogen-bond acceptors (Lipinski definition) is 6. The molecule has 2 heterocycles. The summed E-state index contributed by atoms with van der Waals surface area (Å²) >= 11 is 1.70. The van der Waals surface area contributed by atoms with Gasteiger partial charge in [0.2, 0.25) is 5.95 Å². The first-order valence-electron chi connectivity index (χ1n) is 15.5. The Morgan fingerprint density at radius 1 is 1.04 bits per heavy atom. The van der Waals surface area contributed by atoms with E-state index in [1.165, 1.54) is 34.2 Å². The van der Waals surface area contributed by atoms with Crippen LogP contribution >= 0.6 is 11.8 Å². The predicted octanol–water partition coefficient (Wildman–Crippen LogP) is 7.31. The number of hydrogen-bond donors (Lipinski definition) is 2. The number of amides is 1. The van der Waals surface area contributed by atoms with Crippen LogP contribution in [0.1, 0.15) is 73.7 Å². The summed E-state index contributed by atoms with van der Waals surface area (Å²) in [5, 5.41) is -0.102. The van der Waals surface area contributed by atoms with Crippen molar-refractivity contribution < 1.29 is 13.2 Å². The molecule has 3 aromatic carbocycles. The van der Waals surface area contributed by atoms with Gasteiger partial charge in [-0.2, -0.15) is 0 Å². The molecular formula is C36H42N4O4S2. The van der Waals surface area contributed by atoms with Crippen molar-refractivity contribution in [1.29, 1.82) is 0 Å². The van der Waals surface area contributed by atoms with Gasteiger partial charge in [0.15, 0.2) is 0 Å². The molecular weight excluding hydrogens is 617 g/mol. The lowest BCUT2D eigenvalue weighted by molar-refractivity contribution is 0.0730. The summed E-state index contributed by atoms with van der Waals surface area (Å²) in [5.41, 5.74) is 5.26. The van der Waals surface area contributed by atoms with Crippen molar-refractivity contribution in [2.75, 3.05) is 11.3 Å². The third-order valence-corrected chi connectivity index (χ3v) is 10.9. The van der Waals surface area contributed by atoms with Crippen LogP contribution in [-0.2, 0) is 21.9 Å². The van der Waals surface area contributed by atoms with Gasteiger partial charge < -0.3 is 4.90 Å². The number of H-pyrrole nitrogens is 1. The maximum atomic E-state index is 14.1. The van der Waals surface area contributed by atoms with Crippen molar-refractivity contribution in [1.82, 2.24) is 14.9 Å². The minimum absolute atomic E-state index is 0.0160. The third kappa shape index (κ3) is 7.39. The van der Waals surface area contributed by atoms with E-state index in [1.54, 1.807) is 23.9 Å². The number of aromatic amines is 1. The molecule has 4 aromatic rings. The van der Waals surface area contributed by atoms with Crippen molar-refractivity contribution in [3.63, 3.8) is 0 Å². The fourth-order valence-electron chi connectivity index (χ4n) is 5.76. The highest BCUT2D eigenvalue weighted by Gasteiger charge is 2.31. The summed E-state index contributed by atoms with van der Waals surface area (Å²) in [6.07, 6.45) is 1.51. The van der Waals surface area contributed by atoms with Crippen LogP contribution in [0.2, 0.25) is 0 Å². The molecule has 1 aliphatic heterocycles. The van der Waals surface area contributed by atoms with Gasteiger partial charge in [-0.15, -0.1) is 11.8 Å². The third-order valence-electron chi connectivity index (χ3n) is 8.19. The zero-order valence-corrected chi connectivity index (χ0v) is 29.1. The maximum Gasteiger partial charge on any atom is 0.264 e. The van der Waals surface area contributed by atoms with E-state index >= 15 is 0 Å². The van der Waals surface area contributed by atoms with Gasteiger partial charge >= 0.3 is 0 Å². The van der Waals surface area contributed by atoms with Crippen molar-refractivity contribution >= 4 is 33.6 Å². The van der Waals surface area contributed by atoms with Crippen molar-refractivity contribution in [3.05, 3.63) is 105 Å². The molecule has 242 valence electrons. The largest absolute Gasteiger partial charge is 0.326 e. The Hall–Kier alpha value is -3.89. The van der Waals surface area contributed by atoms with Gasteiger partial charge in [-0.3, -0.25) is 14.6 Å². The van der Waals surface area contributed by atoms with Gasteiger partial charge in [0.05, 0.1) is 16.0 Å². The number of rotatable bonds is 7. The predicted molar refractivity (Wildman–Crippen MR) is 186 cm³/mol. The normalized spacial score (nSPS) is 15.4. The number of aryl methyl sites for hydroxylation is 2. The Balaban J connectivity index is 1.43. The average Bonchev–Trinajstić information content (AvgIpc) is 3.14. The Morgan fingerprint density at radius 2 is 1.74 bits per heavy atom. The molecule has 0 unspecified atom stereocenters. The number of fused-ring (bicyclic) bond motifs is 1. The molecule has 10 heteroatoms. The molecule has 1 atom stereocenters. The second-order valence-corrected chi connectivity index (χ2v) is 16.3. The highest BCUT2D eigenvalue weighted by molar-refractivity contribution is 8.00. The van der Waals surface area contributed by atoms with Crippen LogP contribution in [0.15, 0.2) is 81.3 Å². The summed E-state index contributed by atoms with van der Waals surface area (Å²) in [4.78, 5) is 36.5. The molecule has 1 aliphatic rings. The zero-order chi connectivity index (χ0) is 33.4. The molecule has 46 heavy (non-hydrogen) atoms. The first-order chi connectivity index (χ1) is 21.6. The molecule has 1 amide bonds. The minimum atomic E-state index is -4.20. The monoisotopic (exact) mass is 658 g/mol. The lowest BCUT2D eigenvalue weighted by atomic mass is 9.86. The Kier molecular flexibility index (Phi) is 9.52. The fraction of sp³-hybridized carbons (Fsp3) is 0.361. The van der Waals surface area contributed by atoms with Gasteiger partial charge in [0, 0.05) is 28.6 Å². The summed E-state index contributed by atoms with van der Waals surface area (Å²) in [7, 11) is -4.20. The molecule has 0 radical (unpaired) electrons. The molecule has 0 saturated carbocycles. The van der Waals surface area contributed by atoms with Crippen molar-refractivity contribution in [2.45, 2.75) is 81.9 Å². The lowest BCUT2D eigenvalue weighted by Gasteiger charge is -2.31. The number of benzene rings is 3. The average molecular weight is 659 g/mol. The number of sulfonamides is 1. The number of nitrogens with zero attached hydrogens (tertiary/aromatic N) is 2. The maximum absolute atomic E-state index is 14.1. The Morgan fingerprint density at radius 3 is 2.41 bits per heavy atom. The van der Waals surface area contributed by atoms with Crippen LogP contribution in [0.25, 0.3) is 11.3 Å². The number of aromatic nitrogens is 2. The molecule has 8 nitrogen and oxygen atoms in total. The number of anilines is 1. The van der Waals surface area contributed by atoms with Crippen LogP contribution in [0.4, 0.5) is 5.95 Å². The Bertz CT molecular complexity index is 1920. The smallest absolute Gasteiger partial charge is 0.264 e. The first kappa shape index (κ1) is 33.5. The van der Waals surface area contributed by atoms with Gasteiger partial charge in [0.1, 0.15) is 0 Å². The molecule has 5 rings (SSSR count). The second-order valence-electron chi connectivity index (χ2n) is 13.4. The van der Waals surface area contributed by atoms with E-state index in [0.717, 1.165) is 23.1 Å². The van der Waals surface area contributed by atoms with Crippen LogP contribution in [0.5, 0.6) is 0 Å². The van der Waals surface area contributed by atoms with Crippen molar-refractivity contribution in [3.8, 4) is 11.3 Å². The topological polar surface area (TPSA) is 112 Å². The summed E-state index contributed by atoms with van der Waals surface area (Å²) in [6.45, 7) is 15.2. The van der Waals surface area contributed by atoms with Gasteiger partial charge in [0.25, 0.3) is 21.5 Å². The first-order valence-corrected chi connectivity index (χ1v) is 17.9. The van der Waals surface area contributed by atoms with Gasteiger partial charge in [-0.1, -0.05) is 71.0 Å². The van der Waals surface area contributed by atoms with E-state index in [2.05, 4.69) is 67.5 Å². The van der Waals surface area contributed by atoms with Crippen LogP contribution in [-0.4, -0.2) is 41.1 Å². The molecule has 0 bridgehead atoms. The zero-order valence-electron chi connectivity index (χ0n) is 27.5. The number of nitrogens with one attached hydrogen (secondary N) is 2. The van der Waals surface area contributed by atoms with E-state index < -0.39 is 15.6 Å². The van der Waals surface area contributed by atoms with Crippen LogP contribution < -0.4 is 10.3 Å². The highest BCUT2D eigenvalue weighted by atomic mass is 32.2. The summed E-state index contributed by atoms with van der Waals surface area (Å²) < 4.78 is 29.6. The van der Waals surface area contributed by atoms with E-state index in [-0.39, 0.29) is 33.1 Å². The summed E-state index contributed by atoms with van der Waals surface area (Å²) in [6, 6.07) is 19.7. The molecule has 0 spiro atoms. The fourth-order valence-corrected chi connectivity index (χ4v) is 8.33. The number of thioether (sulfide) groups is 1. The highest BCUT2D eigenvalue weighted by Crippen LogP contribution is 2.38. The SMILES string of the molecule is Cc1cccc(C)c1-c1cc(=O)[nH]c(NS(=O)(=O)c2cccc(C(=O)N3CCc4cc(C(C)(C)C)ccc4S[C@H]3CC(C)C)c2)n1. The second kappa shape index (κ2) is 13.1. The molecule has 2 N–H and O–H groups in total. The van der Waals surface area contributed by atoms with Crippen LogP contribution in [0, 0.1) is 19.8 Å². The van der Waals surface area contributed by atoms with Crippen molar-refractivity contribution in [2.24, 2.45) is 5.92 Å².